The van der Waals surface area contributed by atoms with E-state index in [-0.39, 0.29) is 0 Å². The van der Waals surface area contributed by atoms with Crippen LogP contribution in [0.5, 0.6) is 0 Å². The fourth-order valence-corrected chi connectivity index (χ4v) is 2.95. The van der Waals surface area contributed by atoms with Crippen molar-refractivity contribution in [3.05, 3.63) is 71.3 Å². The van der Waals surface area contributed by atoms with Crippen molar-refractivity contribution < 1.29 is 4.79 Å². The highest BCUT2D eigenvalue weighted by atomic mass is 16.1. The summed E-state index contributed by atoms with van der Waals surface area (Å²) in [5, 5.41) is 0. The van der Waals surface area contributed by atoms with Crippen LogP contribution in [0.3, 0.4) is 0 Å². The molecule has 2 aromatic carbocycles. The lowest BCUT2D eigenvalue weighted by molar-refractivity contribution is 0.112. The molecule has 1 unspecified atom stereocenters. The zero-order chi connectivity index (χ0) is 15.6. The van der Waals surface area contributed by atoms with Crippen LogP contribution in [0.4, 0.5) is 0 Å². The van der Waals surface area contributed by atoms with Gasteiger partial charge in [0.2, 0.25) is 0 Å². The average Bonchev–Trinajstić information content (AvgIpc) is 2.59. The molecule has 2 aromatic rings. The molecule has 0 heterocycles. The first kappa shape index (κ1) is 16.5. The molecule has 1 nitrogen and oxygen atoms in total. The van der Waals surface area contributed by atoms with Gasteiger partial charge in [0.05, 0.1) is 0 Å². The van der Waals surface area contributed by atoms with Gasteiger partial charge in [-0.3, -0.25) is 4.79 Å². The van der Waals surface area contributed by atoms with Gasteiger partial charge in [0.15, 0.2) is 0 Å². The Morgan fingerprint density at radius 1 is 0.909 bits per heavy atom. The normalized spacial score (nSPS) is 12.0. The molecule has 0 bridgehead atoms. The van der Waals surface area contributed by atoms with Gasteiger partial charge in [-0.1, -0.05) is 87.2 Å². The molecule has 0 saturated carbocycles. The van der Waals surface area contributed by atoms with Crippen molar-refractivity contribution in [1.29, 1.82) is 0 Å². The van der Waals surface area contributed by atoms with Crippen LogP contribution in [-0.2, 0) is 6.42 Å². The Balaban J connectivity index is 2.04. The number of carbonyl (C=O) groups excluding carboxylic acids is 1. The molecule has 0 spiro atoms. The van der Waals surface area contributed by atoms with E-state index < -0.39 is 0 Å². The molecular weight excluding hydrogens is 268 g/mol. The second-order valence-corrected chi connectivity index (χ2v) is 6.02. The number of hydrogen-bond donors (Lipinski definition) is 0. The fraction of sp³-hybridized carbons (Fsp3) is 0.381. The lowest BCUT2D eigenvalue weighted by Gasteiger charge is -2.18. The van der Waals surface area contributed by atoms with E-state index in [0.717, 1.165) is 18.3 Å². The Labute approximate surface area is 134 Å². The molecule has 0 N–H and O–H groups in total. The Hall–Kier alpha value is -1.89. The highest BCUT2D eigenvalue weighted by molar-refractivity contribution is 5.74. The van der Waals surface area contributed by atoms with Crippen LogP contribution in [0.25, 0.3) is 0 Å². The molecule has 116 valence electrons. The van der Waals surface area contributed by atoms with Crippen molar-refractivity contribution in [2.75, 3.05) is 0 Å². The van der Waals surface area contributed by atoms with Crippen molar-refractivity contribution in [2.45, 2.75) is 51.4 Å². The first-order valence-electron chi connectivity index (χ1n) is 8.42. The highest BCUT2D eigenvalue weighted by Gasteiger charge is 2.12. The molecule has 22 heavy (non-hydrogen) atoms. The first-order valence-corrected chi connectivity index (χ1v) is 8.42. The maximum Gasteiger partial charge on any atom is 0.150 e. The van der Waals surface area contributed by atoms with Gasteiger partial charge in [0, 0.05) is 5.56 Å². The number of rotatable bonds is 9. The topological polar surface area (TPSA) is 17.1 Å². The molecule has 0 saturated heterocycles. The SMILES string of the molecule is CCCCCCC(Cc1ccc(C=O)cc1)c1ccccc1. The van der Waals surface area contributed by atoms with Crippen molar-refractivity contribution in [1.82, 2.24) is 0 Å². The van der Waals surface area contributed by atoms with Crippen LogP contribution < -0.4 is 0 Å². The lowest BCUT2D eigenvalue weighted by atomic mass is 9.87. The second kappa shape index (κ2) is 9.19. The molecule has 0 fully saturated rings. The van der Waals surface area contributed by atoms with Gasteiger partial charge in [0.25, 0.3) is 0 Å². The molecular formula is C21H26O. The number of benzene rings is 2. The van der Waals surface area contributed by atoms with Gasteiger partial charge < -0.3 is 0 Å². The Bertz CT molecular complexity index is 542. The maximum absolute atomic E-state index is 10.8. The monoisotopic (exact) mass is 294 g/mol. The van der Waals surface area contributed by atoms with E-state index in [1.807, 2.05) is 12.1 Å². The summed E-state index contributed by atoms with van der Waals surface area (Å²) in [6.07, 6.45) is 8.42. The van der Waals surface area contributed by atoms with Gasteiger partial charge in [-0.25, -0.2) is 0 Å². The fourth-order valence-electron chi connectivity index (χ4n) is 2.95. The molecule has 0 radical (unpaired) electrons. The largest absolute Gasteiger partial charge is 0.298 e. The summed E-state index contributed by atoms with van der Waals surface area (Å²) in [5.74, 6) is 0.570. The molecule has 1 heteroatoms. The number of unbranched alkanes of at least 4 members (excludes halogenated alkanes) is 3. The summed E-state index contributed by atoms with van der Waals surface area (Å²) in [6, 6.07) is 18.8. The van der Waals surface area contributed by atoms with E-state index in [1.54, 1.807) is 0 Å². The zero-order valence-electron chi connectivity index (χ0n) is 13.5. The number of aldehydes is 1. The third-order valence-corrected chi connectivity index (χ3v) is 4.28. The minimum absolute atomic E-state index is 0.570. The highest BCUT2D eigenvalue weighted by Crippen LogP contribution is 2.27. The predicted molar refractivity (Wildman–Crippen MR) is 93.5 cm³/mol. The third kappa shape index (κ3) is 5.14. The van der Waals surface area contributed by atoms with E-state index in [0.29, 0.717) is 5.92 Å². The van der Waals surface area contributed by atoms with Gasteiger partial charge >= 0.3 is 0 Å². The van der Waals surface area contributed by atoms with E-state index in [1.165, 1.54) is 43.2 Å². The Morgan fingerprint density at radius 3 is 2.27 bits per heavy atom. The molecule has 0 aliphatic heterocycles. The zero-order valence-corrected chi connectivity index (χ0v) is 13.5. The van der Waals surface area contributed by atoms with Crippen molar-refractivity contribution in [3.8, 4) is 0 Å². The van der Waals surface area contributed by atoms with Gasteiger partial charge in [0.1, 0.15) is 6.29 Å². The average molecular weight is 294 g/mol. The minimum Gasteiger partial charge on any atom is -0.298 e. The summed E-state index contributed by atoms with van der Waals surface area (Å²) in [6.45, 7) is 2.25. The van der Waals surface area contributed by atoms with Crippen molar-refractivity contribution in [2.24, 2.45) is 0 Å². The van der Waals surface area contributed by atoms with Crippen molar-refractivity contribution in [3.63, 3.8) is 0 Å². The Morgan fingerprint density at radius 2 is 1.64 bits per heavy atom. The third-order valence-electron chi connectivity index (χ3n) is 4.28. The molecule has 0 aliphatic rings. The smallest absolute Gasteiger partial charge is 0.150 e. The van der Waals surface area contributed by atoms with E-state index in [9.17, 15) is 4.79 Å². The van der Waals surface area contributed by atoms with Crippen LogP contribution in [-0.4, -0.2) is 6.29 Å². The van der Waals surface area contributed by atoms with E-state index in [4.69, 9.17) is 0 Å². The predicted octanol–water partition coefficient (Wildman–Crippen LogP) is 5.80. The van der Waals surface area contributed by atoms with Gasteiger partial charge in [-0.2, -0.15) is 0 Å². The molecule has 0 amide bonds. The summed E-state index contributed by atoms with van der Waals surface area (Å²) >= 11 is 0. The van der Waals surface area contributed by atoms with Crippen LogP contribution >= 0.6 is 0 Å². The molecule has 0 aromatic heterocycles. The van der Waals surface area contributed by atoms with Crippen LogP contribution in [0.15, 0.2) is 54.6 Å². The van der Waals surface area contributed by atoms with E-state index in [2.05, 4.69) is 49.4 Å². The Kier molecular flexibility index (Phi) is 6.89. The summed E-state index contributed by atoms with van der Waals surface area (Å²) in [5.41, 5.74) is 3.50. The van der Waals surface area contributed by atoms with Gasteiger partial charge in [-0.05, 0) is 29.9 Å². The lowest BCUT2D eigenvalue weighted by Crippen LogP contribution is -2.03. The van der Waals surface area contributed by atoms with Crippen molar-refractivity contribution >= 4 is 6.29 Å². The quantitative estimate of drug-likeness (QED) is 0.422. The second-order valence-electron chi connectivity index (χ2n) is 6.02. The standard InChI is InChI=1S/C21H26O/c1-2-3-4-6-11-21(20-9-7-5-8-10-20)16-18-12-14-19(17-22)15-13-18/h5,7-10,12-15,17,21H,2-4,6,11,16H2,1H3. The first-order chi connectivity index (χ1) is 10.8. The maximum atomic E-state index is 10.8. The van der Waals surface area contributed by atoms with Crippen LogP contribution in [0.1, 0.15) is 66.4 Å². The molecule has 0 aliphatic carbocycles. The van der Waals surface area contributed by atoms with Crippen LogP contribution in [0, 0.1) is 0 Å². The summed E-state index contributed by atoms with van der Waals surface area (Å²) in [7, 11) is 0. The number of carbonyl (C=O) groups is 1. The van der Waals surface area contributed by atoms with E-state index >= 15 is 0 Å². The molecule has 2 rings (SSSR count). The van der Waals surface area contributed by atoms with Crippen LogP contribution in [0.2, 0.25) is 0 Å². The molecule has 1 atom stereocenters. The minimum atomic E-state index is 0.570. The summed E-state index contributed by atoms with van der Waals surface area (Å²) in [4.78, 5) is 10.8. The number of hydrogen-bond acceptors (Lipinski definition) is 1. The van der Waals surface area contributed by atoms with Gasteiger partial charge in [-0.15, -0.1) is 0 Å². The summed E-state index contributed by atoms with van der Waals surface area (Å²) < 4.78 is 0.